The summed E-state index contributed by atoms with van der Waals surface area (Å²) in [4.78, 5) is 6.52. The van der Waals surface area contributed by atoms with Gasteiger partial charge in [-0.15, -0.1) is 0 Å². The van der Waals surface area contributed by atoms with Crippen molar-refractivity contribution in [2.75, 3.05) is 26.2 Å². The summed E-state index contributed by atoms with van der Waals surface area (Å²) in [5, 5.41) is 0. The molecule has 0 N–H and O–H groups in total. The van der Waals surface area contributed by atoms with Crippen LogP contribution < -0.4 is 0 Å². The standard InChI is InChI=1S/C13H20BrN3O2S/c1-3-16(4-2)12-5-6-17(10-12)20(18,19)13-7-11(14)8-15-9-13/h7-9,12H,3-6,10H2,1-2H3. The predicted octanol–water partition coefficient (Wildman–Crippen LogP) is 1.95. The van der Waals surface area contributed by atoms with Gasteiger partial charge in [-0.3, -0.25) is 9.88 Å². The molecule has 1 aromatic heterocycles. The molecule has 0 amide bonds. The lowest BCUT2D eigenvalue weighted by Crippen LogP contribution is -2.38. The van der Waals surface area contributed by atoms with Gasteiger partial charge in [-0.05, 0) is 41.5 Å². The molecule has 1 aliphatic rings. The zero-order valence-corrected chi connectivity index (χ0v) is 14.2. The Kier molecular flexibility index (Phi) is 5.17. The lowest BCUT2D eigenvalue weighted by Gasteiger charge is -2.26. The molecule has 0 radical (unpaired) electrons. The van der Waals surface area contributed by atoms with Crippen LogP contribution in [0.5, 0.6) is 0 Å². The molecule has 112 valence electrons. The lowest BCUT2D eigenvalue weighted by molar-refractivity contribution is 0.224. The summed E-state index contributed by atoms with van der Waals surface area (Å²) in [6, 6.07) is 1.92. The Hall–Kier alpha value is -0.500. The van der Waals surface area contributed by atoms with Crippen molar-refractivity contribution < 1.29 is 8.42 Å². The van der Waals surface area contributed by atoms with Crippen molar-refractivity contribution in [3.8, 4) is 0 Å². The Morgan fingerprint density at radius 2 is 2.10 bits per heavy atom. The molecule has 0 saturated carbocycles. The Morgan fingerprint density at radius 1 is 1.40 bits per heavy atom. The summed E-state index contributed by atoms with van der Waals surface area (Å²) in [5.41, 5.74) is 0. The van der Waals surface area contributed by atoms with Gasteiger partial charge in [0.25, 0.3) is 0 Å². The molecule has 7 heteroatoms. The molecule has 1 atom stereocenters. The number of likely N-dealkylation sites (N-methyl/N-ethyl adjacent to an activating group) is 1. The molecule has 0 spiro atoms. The molecular weight excluding hydrogens is 342 g/mol. The first-order valence-electron chi connectivity index (χ1n) is 6.83. The van der Waals surface area contributed by atoms with Crippen molar-refractivity contribution in [1.82, 2.24) is 14.2 Å². The predicted molar refractivity (Wildman–Crippen MR) is 82.0 cm³/mol. The van der Waals surface area contributed by atoms with E-state index in [-0.39, 0.29) is 4.90 Å². The van der Waals surface area contributed by atoms with Crippen LogP contribution in [-0.4, -0.2) is 54.8 Å². The van der Waals surface area contributed by atoms with Gasteiger partial charge in [-0.2, -0.15) is 4.31 Å². The SMILES string of the molecule is CCN(CC)C1CCN(S(=O)(=O)c2cncc(Br)c2)C1. The highest BCUT2D eigenvalue weighted by Gasteiger charge is 2.34. The van der Waals surface area contributed by atoms with Crippen molar-refractivity contribution in [3.63, 3.8) is 0 Å². The third-order valence-electron chi connectivity index (χ3n) is 3.77. The van der Waals surface area contributed by atoms with Crippen LogP contribution in [-0.2, 0) is 10.0 Å². The minimum atomic E-state index is -3.43. The maximum absolute atomic E-state index is 12.6. The van der Waals surface area contributed by atoms with Crippen LogP contribution in [0.1, 0.15) is 20.3 Å². The largest absolute Gasteiger partial charge is 0.300 e. The number of halogens is 1. The number of rotatable bonds is 5. The number of hydrogen-bond donors (Lipinski definition) is 0. The van der Waals surface area contributed by atoms with Crippen molar-refractivity contribution in [3.05, 3.63) is 22.9 Å². The highest BCUT2D eigenvalue weighted by Crippen LogP contribution is 2.24. The minimum Gasteiger partial charge on any atom is -0.300 e. The van der Waals surface area contributed by atoms with Crippen LogP contribution in [0, 0.1) is 0 Å². The van der Waals surface area contributed by atoms with Crippen LogP contribution in [0.3, 0.4) is 0 Å². The quantitative estimate of drug-likeness (QED) is 0.804. The molecule has 5 nitrogen and oxygen atoms in total. The van der Waals surface area contributed by atoms with E-state index >= 15 is 0 Å². The van der Waals surface area contributed by atoms with Gasteiger partial charge in [-0.25, -0.2) is 8.42 Å². The van der Waals surface area contributed by atoms with Crippen LogP contribution in [0.4, 0.5) is 0 Å². The first-order chi connectivity index (χ1) is 9.48. The van der Waals surface area contributed by atoms with Gasteiger partial charge in [0.15, 0.2) is 0 Å². The Bertz CT molecular complexity index is 560. The number of hydrogen-bond acceptors (Lipinski definition) is 4. The number of sulfonamides is 1. The van der Waals surface area contributed by atoms with Gasteiger partial charge >= 0.3 is 0 Å². The third-order valence-corrected chi connectivity index (χ3v) is 6.04. The fourth-order valence-corrected chi connectivity index (χ4v) is 4.65. The van der Waals surface area contributed by atoms with Crippen molar-refractivity contribution >= 4 is 26.0 Å². The molecule has 0 bridgehead atoms. The smallest absolute Gasteiger partial charge is 0.244 e. The summed E-state index contributed by atoms with van der Waals surface area (Å²) >= 11 is 3.27. The van der Waals surface area contributed by atoms with E-state index in [0.29, 0.717) is 23.6 Å². The van der Waals surface area contributed by atoms with Gasteiger partial charge in [0.2, 0.25) is 10.0 Å². The molecule has 1 saturated heterocycles. The lowest BCUT2D eigenvalue weighted by atomic mass is 10.2. The number of nitrogens with zero attached hydrogens (tertiary/aromatic N) is 3. The summed E-state index contributed by atoms with van der Waals surface area (Å²) < 4.78 is 27.4. The molecular formula is C13H20BrN3O2S. The van der Waals surface area contributed by atoms with Crippen molar-refractivity contribution in [2.45, 2.75) is 31.2 Å². The van der Waals surface area contributed by atoms with E-state index in [1.54, 1.807) is 16.6 Å². The molecule has 1 aromatic rings. The van der Waals surface area contributed by atoms with Gasteiger partial charge in [0, 0.05) is 36.0 Å². The van der Waals surface area contributed by atoms with E-state index in [9.17, 15) is 8.42 Å². The second kappa shape index (κ2) is 6.51. The van der Waals surface area contributed by atoms with Crippen LogP contribution in [0.25, 0.3) is 0 Å². The highest BCUT2D eigenvalue weighted by molar-refractivity contribution is 9.10. The third kappa shape index (κ3) is 3.21. The van der Waals surface area contributed by atoms with E-state index in [1.807, 2.05) is 0 Å². The highest BCUT2D eigenvalue weighted by atomic mass is 79.9. The minimum absolute atomic E-state index is 0.257. The zero-order valence-electron chi connectivity index (χ0n) is 11.8. The molecule has 2 rings (SSSR count). The Balaban J connectivity index is 2.16. The van der Waals surface area contributed by atoms with E-state index < -0.39 is 10.0 Å². The zero-order chi connectivity index (χ0) is 14.8. The molecule has 20 heavy (non-hydrogen) atoms. The summed E-state index contributed by atoms with van der Waals surface area (Å²) in [6.07, 6.45) is 3.88. The van der Waals surface area contributed by atoms with E-state index in [2.05, 4.69) is 39.7 Å². The first-order valence-corrected chi connectivity index (χ1v) is 9.07. The molecule has 1 aliphatic heterocycles. The maximum atomic E-state index is 12.6. The van der Waals surface area contributed by atoms with Crippen molar-refractivity contribution in [1.29, 1.82) is 0 Å². The fourth-order valence-electron chi connectivity index (χ4n) is 2.65. The van der Waals surface area contributed by atoms with Crippen LogP contribution in [0.2, 0.25) is 0 Å². The van der Waals surface area contributed by atoms with E-state index in [0.717, 1.165) is 19.5 Å². The topological polar surface area (TPSA) is 53.5 Å². The second-order valence-corrected chi connectivity index (χ2v) is 7.72. The normalized spacial score (nSPS) is 20.7. The second-order valence-electron chi connectivity index (χ2n) is 4.87. The molecule has 1 unspecified atom stereocenters. The first kappa shape index (κ1) is 15.9. The van der Waals surface area contributed by atoms with Gasteiger partial charge in [-0.1, -0.05) is 13.8 Å². The van der Waals surface area contributed by atoms with E-state index in [1.165, 1.54) is 6.20 Å². The van der Waals surface area contributed by atoms with Gasteiger partial charge in [0.05, 0.1) is 0 Å². The summed E-state index contributed by atoms with van der Waals surface area (Å²) in [6.45, 7) is 7.27. The van der Waals surface area contributed by atoms with Gasteiger partial charge in [0.1, 0.15) is 4.90 Å². The van der Waals surface area contributed by atoms with E-state index in [4.69, 9.17) is 0 Å². The molecule has 1 fully saturated rings. The molecule has 2 heterocycles. The fraction of sp³-hybridized carbons (Fsp3) is 0.615. The molecule has 0 aromatic carbocycles. The Morgan fingerprint density at radius 3 is 2.70 bits per heavy atom. The monoisotopic (exact) mass is 361 g/mol. The van der Waals surface area contributed by atoms with Crippen LogP contribution >= 0.6 is 15.9 Å². The maximum Gasteiger partial charge on any atom is 0.244 e. The summed E-state index contributed by atoms with van der Waals surface area (Å²) in [7, 11) is -3.43. The Labute approximate surface area is 129 Å². The average Bonchev–Trinajstić information content (AvgIpc) is 2.90. The number of pyridine rings is 1. The summed E-state index contributed by atoms with van der Waals surface area (Å²) in [5.74, 6) is 0. The van der Waals surface area contributed by atoms with Crippen LogP contribution in [0.15, 0.2) is 27.8 Å². The average molecular weight is 362 g/mol. The van der Waals surface area contributed by atoms with Gasteiger partial charge < -0.3 is 0 Å². The number of aromatic nitrogens is 1. The van der Waals surface area contributed by atoms with Crippen molar-refractivity contribution in [2.24, 2.45) is 0 Å². The molecule has 0 aliphatic carbocycles.